The van der Waals surface area contributed by atoms with E-state index in [1.807, 2.05) is 6.07 Å². The summed E-state index contributed by atoms with van der Waals surface area (Å²) in [6.07, 6.45) is -2.28. The maximum absolute atomic E-state index is 14.3. The zero-order chi connectivity index (χ0) is 33.0. The van der Waals surface area contributed by atoms with Crippen LogP contribution in [0.4, 0.5) is 23.4 Å². The van der Waals surface area contributed by atoms with Crippen LogP contribution < -0.4 is 15.5 Å². The van der Waals surface area contributed by atoms with Crippen LogP contribution >= 0.6 is 0 Å². The van der Waals surface area contributed by atoms with E-state index in [1.54, 1.807) is 35.9 Å². The molecule has 4 aromatic rings. The molecule has 1 aliphatic heterocycles. The monoisotopic (exact) mass is 635 g/mol. The van der Waals surface area contributed by atoms with Gasteiger partial charge in [0.15, 0.2) is 0 Å². The Morgan fingerprint density at radius 1 is 1.02 bits per heavy atom. The summed E-state index contributed by atoms with van der Waals surface area (Å²) < 4.78 is 56.0. The Morgan fingerprint density at radius 3 is 2.39 bits per heavy atom. The van der Waals surface area contributed by atoms with Crippen molar-refractivity contribution in [3.8, 4) is 5.69 Å². The second kappa shape index (κ2) is 13.4. The lowest BCUT2D eigenvalue weighted by Crippen LogP contribution is -2.55. The number of carbonyl (C=O) groups excluding carboxylic acids is 2. The van der Waals surface area contributed by atoms with Crippen molar-refractivity contribution in [3.63, 3.8) is 0 Å². The lowest BCUT2D eigenvalue weighted by molar-refractivity contribution is -0.137. The van der Waals surface area contributed by atoms with Gasteiger partial charge in [-0.05, 0) is 55.0 Å². The van der Waals surface area contributed by atoms with Crippen LogP contribution in [0.15, 0.2) is 91.0 Å². The van der Waals surface area contributed by atoms with E-state index >= 15 is 0 Å². The highest BCUT2D eigenvalue weighted by atomic mass is 19.4. The normalized spacial score (nSPS) is 16.5. The topological polar surface area (TPSA) is 117 Å². The first-order valence-electron chi connectivity index (χ1n) is 14.3. The molecule has 2 heterocycles. The fourth-order valence-electron chi connectivity index (χ4n) is 5.48. The minimum atomic E-state index is -4.69. The summed E-state index contributed by atoms with van der Waals surface area (Å²) in [5, 5.41) is 19.6. The van der Waals surface area contributed by atoms with E-state index in [-0.39, 0.29) is 25.2 Å². The molecule has 0 radical (unpaired) electrons. The van der Waals surface area contributed by atoms with Gasteiger partial charge in [-0.3, -0.25) is 14.5 Å². The summed E-state index contributed by atoms with van der Waals surface area (Å²) in [5.41, 5.74) is 0.771. The van der Waals surface area contributed by atoms with Gasteiger partial charge in [0.2, 0.25) is 0 Å². The van der Waals surface area contributed by atoms with Gasteiger partial charge in [-0.15, -0.1) is 0 Å². The van der Waals surface area contributed by atoms with Crippen LogP contribution in [0.1, 0.15) is 45.6 Å². The number of carbonyl (C=O) groups is 3. The molecule has 9 nitrogen and oxygen atoms in total. The zero-order valence-corrected chi connectivity index (χ0v) is 24.5. The van der Waals surface area contributed by atoms with Crippen molar-refractivity contribution in [2.24, 2.45) is 0 Å². The summed E-state index contributed by atoms with van der Waals surface area (Å²) in [6, 6.07) is 17.0. The molecule has 238 valence electrons. The molecule has 0 fully saturated rings. The van der Waals surface area contributed by atoms with Crippen molar-refractivity contribution in [1.29, 1.82) is 0 Å². The van der Waals surface area contributed by atoms with Gasteiger partial charge in [-0.25, -0.2) is 13.9 Å². The predicted octanol–water partition coefficient (Wildman–Crippen LogP) is 5.06. The Kier molecular flexibility index (Phi) is 9.33. The number of halogens is 4. The molecule has 0 spiro atoms. The van der Waals surface area contributed by atoms with Crippen LogP contribution in [0, 0.1) is 5.82 Å². The molecule has 0 aliphatic carbocycles. The molecule has 3 N–H and O–H groups in total. The van der Waals surface area contributed by atoms with Gasteiger partial charge >= 0.3 is 12.1 Å². The molecule has 2 atom stereocenters. The van der Waals surface area contributed by atoms with E-state index in [0.29, 0.717) is 34.4 Å². The minimum Gasteiger partial charge on any atom is -0.478 e. The number of carboxylic acid groups (broad SMARTS) is 1. The number of rotatable bonds is 10. The van der Waals surface area contributed by atoms with Gasteiger partial charge < -0.3 is 15.7 Å². The van der Waals surface area contributed by atoms with Crippen molar-refractivity contribution in [2.75, 3.05) is 18.0 Å². The number of hydrogen-bond acceptors (Lipinski definition) is 5. The number of anilines is 1. The molecule has 0 unspecified atom stereocenters. The standard InChI is InChI=1S/C33H29F4N5O4/c1-2-41-31-28(25(19-38-17-7-12-26(43)44)40-42(31)24-10-4-3-5-11-24)27(20-13-15-23(34)16-14-20)29(32(41)46)39-30(45)21-8-6-9-22(18-21)33(35,36)37/h3-16,18,27,29,38H,2,17,19H2,1H3,(H,39,45)(H,43,44)/t27-,29-/m1/s1. The number of carboxylic acids is 1. The number of hydrogen-bond donors (Lipinski definition) is 3. The lowest BCUT2D eigenvalue weighted by Gasteiger charge is -2.38. The predicted molar refractivity (Wildman–Crippen MR) is 161 cm³/mol. The third-order valence-corrected chi connectivity index (χ3v) is 7.51. The highest BCUT2D eigenvalue weighted by Crippen LogP contribution is 2.43. The third kappa shape index (κ3) is 6.69. The van der Waals surface area contributed by atoms with Crippen LogP contribution in [0.25, 0.3) is 5.69 Å². The Bertz CT molecular complexity index is 1770. The SMILES string of the molecule is CCN1C(=O)[C@H](NC(=O)c2cccc(C(F)(F)F)c2)[C@H](c2ccc(F)cc2)c2c(CNCC=CC(=O)O)nn(-c3ccccc3)c21. The molecule has 46 heavy (non-hydrogen) atoms. The molecule has 1 aliphatic rings. The quantitative estimate of drug-likeness (QED) is 0.128. The maximum Gasteiger partial charge on any atom is 0.416 e. The highest BCUT2D eigenvalue weighted by molar-refractivity contribution is 6.05. The second-order valence-corrected chi connectivity index (χ2v) is 10.4. The number of likely N-dealkylation sites (N-methyl/N-ethyl adjacent to an activating group) is 1. The van der Waals surface area contributed by atoms with E-state index in [1.165, 1.54) is 41.3 Å². The van der Waals surface area contributed by atoms with E-state index in [4.69, 9.17) is 10.2 Å². The minimum absolute atomic E-state index is 0.115. The zero-order valence-electron chi connectivity index (χ0n) is 24.5. The molecule has 13 heteroatoms. The molecule has 0 bridgehead atoms. The van der Waals surface area contributed by atoms with Crippen LogP contribution in [-0.4, -0.2) is 51.8 Å². The van der Waals surface area contributed by atoms with E-state index < -0.39 is 47.3 Å². The first-order chi connectivity index (χ1) is 22.0. The van der Waals surface area contributed by atoms with Gasteiger partial charge in [-0.2, -0.15) is 18.3 Å². The average Bonchev–Trinajstić information content (AvgIpc) is 3.40. The number of amides is 2. The number of nitrogens with zero attached hydrogens (tertiary/aromatic N) is 3. The highest BCUT2D eigenvalue weighted by Gasteiger charge is 2.46. The Balaban J connectivity index is 1.66. The number of aliphatic carboxylic acids is 1. The maximum atomic E-state index is 14.3. The smallest absolute Gasteiger partial charge is 0.416 e. The van der Waals surface area contributed by atoms with E-state index in [9.17, 15) is 31.9 Å². The summed E-state index contributed by atoms with van der Waals surface area (Å²) in [7, 11) is 0. The Labute approximate surface area is 261 Å². The number of fused-ring (bicyclic) bond motifs is 1. The van der Waals surface area contributed by atoms with Crippen molar-refractivity contribution < 1.29 is 37.1 Å². The molecule has 0 saturated heterocycles. The number of para-hydroxylation sites is 1. The van der Waals surface area contributed by atoms with Crippen molar-refractivity contribution >= 4 is 23.6 Å². The van der Waals surface area contributed by atoms with Gasteiger partial charge in [0.1, 0.15) is 17.7 Å². The summed E-state index contributed by atoms with van der Waals surface area (Å²) >= 11 is 0. The summed E-state index contributed by atoms with van der Waals surface area (Å²) in [6.45, 7) is 2.18. The van der Waals surface area contributed by atoms with Gasteiger partial charge in [0.05, 0.1) is 16.9 Å². The fourth-order valence-corrected chi connectivity index (χ4v) is 5.48. The van der Waals surface area contributed by atoms with Crippen molar-refractivity contribution in [1.82, 2.24) is 20.4 Å². The van der Waals surface area contributed by atoms with Gasteiger partial charge in [-0.1, -0.05) is 42.5 Å². The Morgan fingerprint density at radius 2 is 1.74 bits per heavy atom. The van der Waals surface area contributed by atoms with Gasteiger partial charge in [0.25, 0.3) is 11.8 Å². The van der Waals surface area contributed by atoms with Gasteiger partial charge in [0, 0.05) is 42.8 Å². The van der Waals surface area contributed by atoms with Crippen LogP contribution in [0.2, 0.25) is 0 Å². The summed E-state index contributed by atoms with van der Waals surface area (Å²) in [5.74, 6) is -3.59. The lowest BCUT2D eigenvalue weighted by atomic mass is 9.80. The molecular weight excluding hydrogens is 606 g/mol. The number of aromatic nitrogens is 2. The molecule has 2 amide bonds. The number of benzene rings is 3. The number of alkyl halides is 3. The fraction of sp³-hybridized carbons (Fsp3) is 0.212. The molecule has 0 saturated carbocycles. The average molecular weight is 636 g/mol. The first kappa shape index (κ1) is 32.1. The van der Waals surface area contributed by atoms with E-state index in [2.05, 4.69) is 10.6 Å². The Hall–Kier alpha value is -5.30. The summed E-state index contributed by atoms with van der Waals surface area (Å²) in [4.78, 5) is 40.1. The largest absolute Gasteiger partial charge is 0.478 e. The van der Waals surface area contributed by atoms with Crippen LogP contribution in [0.5, 0.6) is 0 Å². The van der Waals surface area contributed by atoms with Crippen LogP contribution in [-0.2, 0) is 22.3 Å². The van der Waals surface area contributed by atoms with E-state index in [0.717, 1.165) is 18.2 Å². The van der Waals surface area contributed by atoms with Crippen LogP contribution in [0.3, 0.4) is 0 Å². The first-order valence-corrected chi connectivity index (χ1v) is 14.3. The molecule has 1 aromatic heterocycles. The number of nitrogens with one attached hydrogen (secondary N) is 2. The second-order valence-electron chi connectivity index (χ2n) is 10.4. The molecular formula is C33H29F4N5O4. The molecule has 5 rings (SSSR count). The van der Waals surface area contributed by atoms with Crippen molar-refractivity contribution in [2.45, 2.75) is 31.6 Å². The molecule has 3 aromatic carbocycles. The van der Waals surface area contributed by atoms with Crippen molar-refractivity contribution in [3.05, 3.63) is 125 Å². The third-order valence-electron chi connectivity index (χ3n) is 7.51.